The van der Waals surface area contributed by atoms with Crippen molar-refractivity contribution in [3.63, 3.8) is 0 Å². The molecule has 0 aliphatic carbocycles. The Kier molecular flexibility index (Phi) is 69.0. The zero-order chi connectivity index (χ0) is 58.5. The molecule has 0 saturated carbocycles. The first kappa shape index (κ1) is 79.2. The lowest BCUT2D eigenvalue weighted by Gasteiger charge is -2.18. The Morgan fingerprint density at radius 1 is 0.235 bits per heavy atom. The maximum Gasteiger partial charge on any atom is 0.306 e. The molecule has 0 aliphatic heterocycles. The Hall–Kier alpha value is -1.85. The first-order valence-corrected chi connectivity index (χ1v) is 37.2. The van der Waals surface area contributed by atoms with Gasteiger partial charge in [-0.05, 0) is 44.9 Å². The molecule has 480 valence electrons. The molecule has 0 aromatic carbocycles. The number of allylic oxidation sites excluding steroid dienone is 2. The van der Waals surface area contributed by atoms with Gasteiger partial charge in [-0.3, -0.25) is 14.4 Å². The van der Waals surface area contributed by atoms with Crippen molar-refractivity contribution in [1.29, 1.82) is 0 Å². The van der Waals surface area contributed by atoms with Crippen LogP contribution >= 0.6 is 0 Å². The summed E-state index contributed by atoms with van der Waals surface area (Å²) in [6.07, 6.45) is 85.8. The van der Waals surface area contributed by atoms with E-state index < -0.39 is 6.10 Å². The van der Waals surface area contributed by atoms with E-state index >= 15 is 0 Å². The van der Waals surface area contributed by atoms with Gasteiger partial charge in [-0.25, -0.2) is 0 Å². The summed E-state index contributed by atoms with van der Waals surface area (Å²) in [5.41, 5.74) is 0. The van der Waals surface area contributed by atoms with E-state index in [1.807, 2.05) is 0 Å². The summed E-state index contributed by atoms with van der Waals surface area (Å²) < 4.78 is 16.9. The fourth-order valence-electron chi connectivity index (χ4n) is 11.7. The topological polar surface area (TPSA) is 78.9 Å². The second-order valence-corrected chi connectivity index (χ2v) is 25.6. The van der Waals surface area contributed by atoms with Gasteiger partial charge in [0.25, 0.3) is 0 Å². The maximum atomic E-state index is 12.9. The fraction of sp³-hybridized carbons (Fsp3) is 0.933. The molecule has 0 aliphatic rings. The fourth-order valence-corrected chi connectivity index (χ4v) is 11.7. The molecule has 0 amide bonds. The molecule has 6 heteroatoms. The van der Waals surface area contributed by atoms with Gasteiger partial charge in [0, 0.05) is 19.3 Å². The molecule has 81 heavy (non-hydrogen) atoms. The predicted molar refractivity (Wildman–Crippen MR) is 353 cm³/mol. The molecule has 1 unspecified atom stereocenters. The number of ether oxygens (including phenoxy) is 3. The molecule has 0 radical (unpaired) electrons. The molecule has 0 aromatic heterocycles. The highest BCUT2D eigenvalue weighted by atomic mass is 16.6. The number of hydrogen-bond donors (Lipinski definition) is 0. The number of esters is 3. The van der Waals surface area contributed by atoms with E-state index in [0.29, 0.717) is 19.3 Å². The van der Waals surface area contributed by atoms with Crippen molar-refractivity contribution < 1.29 is 28.6 Å². The molecular weight excluding hydrogens is 997 g/mol. The molecule has 6 nitrogen and oxygen atoms in total. The Balaban J connectivity index is 3.97. The van der Waals surface area contributed by atoms with Gasteiger partial charge in [0.1, 0.15) is 13.2 Å². The van der Waals surface area contributed by atoms with E-state index in [-0.39, 0.29) is 31.1 Å². The van der Waals surface area contributed by atoms with Gasteiger partial charge in [0.05, 0.1) is 0 Å². The highest BCUT2D eigenvalue weighted by molar-refractivity contribution is 5.71. The zero-order valence-corrected chi connectivity index (χ0v) is 55.4. The van der Waals surface area contributed by atoms with Crippen LogP contribution in [-0.2, 0) is 28.6 Å². The summed E-state index contributed by atoms with van der Waals surface area (Å²) in [4.78, 5) is 38.2. The quantitative estimate of drug-likeness (QED) is 0.0261. The number of carbonyl (C=O) groups excluding carboxylic acids is 3. The zero-order valence-electron chi connectivity index (χ0n) is 55.4. The molecule has 0 N–H and O–H groups in total. The smallest absolute Gasteiger partial charge is 0.306 e. The molecule has 0 fully saturated rings. The molecule has 0 aromatic rings. The summed E-state index contributed by atoms with van der Waals surface area (Å²) in [5.74, 6) is -0.835. The lowest BCUT2D eigenvalue weighted by Crippen LogP contribution is -2.30. The van der Waals surface area contributed by atoms with Crippen LogP contribution in [0.5, 0.6) is 0 Å². The third-order valence-corrected chi connectivity index (χ3v) is 17.3. The van der Waals surface area contributed by atoms with Crippen molar-refractivity contribution in [3.8, 4) is 0 Å². The average molecular weight is 1140 g/mol. The van der Waals surface area contributed by atoms with Crippen LogP contribution in [0.3, 0.4) is 0 Å². The second kappa shape index (κ2) is 70.6. The second-order valence-electron chi connectivity index (χ2n) is 25.6. The highest BCUT2D eigenvalue weighted by Crippen LogP contribution is 2.20. The first-order valence-electron chi connectivity index (χ1n) is 37.2. The molecule has 0 heterocycles. The Labute approximate surface area is 507 Å². The van der Waals surface area contributed by atoms with Crippen LogP contribution in [0.4, 0.5) is 0 Å². The van der Waals surface area contributed by atoms with Crippen LogP contribution in [0.2, 0.25) is 0 Å². The minimum absolute atomic E-state index is 0.0629. The summed E-state index contributed by atoms with van der Waals surface area (Å²) in [6.45, 7) is 6.69. The summed E-state index contributed by atoms with van der Waals surface area (Å²) in [6, 6.07) is 0. The van der Waals surface area contributed by atoms with E-state index in [9.17, 15) is 14.4 Å². The minimum Gasteiger partial charge on any atom is -0.462 e. The minimum atomic E-state index is -0.764. The van der Waals surface area contributed by atoms with Crippen molar-refractivity contribution >= 4 is 17.9 Å². The van der Waals surface area contributed by atoms with Crippen LogP contribution in [0.25, 0.3) is 0 Å². The van der Waals surface area contributed by atoms with E-state index in [1.54, 1.807) is 0 Å². The van der Waals surface area contributed by atoms with Crippen molar-refractivity contribution in [2.24, 2.45) is 0 Å². The van der Waals surface area contributed by atoms with Gasteiger partial charge in [-0.1, -0.05) is 380 Å². The van der Waals surface area contributed by atoms with Crippen LogP contribution in [-0.4, -0.2) is 37.2 Å². The normalized spacial score (nSPS) is 12.0. The Bertz CT molecular complexity index is 1260. The van der Waals surface area contributed by atoms with Crippen molar-refractivity contribution in [2.75, 3.05) is 13.2 Å². The number of hydrogen-bond acceptors (Lipinski definition) is 6. The molecule has 0 bridgehead atoms. The number of unbranched alkanes of at least 4 members (excludes halogenated alkanes) is 57. The molecule has 0 rings (SSSR count). The lowest BCUT2D eigenvalue weighted by molar-refractivity contribution is -0.167. The summed E-state index contributed by atoms with van der Waals surface area (Å²) in [5, 5.41) is 0. The molecular formula is C75H144O6. The third kappa shape index (κ3) is 68.8. The van der Waals surface area contributed by atoms with Gasteiger partial charge in [0.15, 0.2) is 6.10 Å². The van der Waals surface area contributed by atoms with Gasteiger partial charge in [-0.2, -0.15) is 0 Å². The Morgan fingerprint density at radius 2 is 0.407 bits per heavy atom. The summed E-state index contributed by atoms with van der Waals surface area (Å²) in [7, 11) is 0. The average Bonchev–Trinajstić information content (AvgIpc) is 3.47. The first-order chi connectivity index (χ1) is 40.0. The van der Waals surface area contributed by atoms with Gasteiger partial charge in [0.2, 0.25) is 0 Å². The van der Waals surface area contributed by atoms with Gasteiger partial charge in [-0.15, -0.1) is 0 Å². The summed E-state index contributed by atoms with van der Waals surface area (Å²) >= 11 is 0. The predicted octanol–water partition coefficient (Wildman–Crippen LogP) is 25.6. The largest absolute Gasteiger partial charge is 0.462 e. The SMILES string of the molecule is CCCCCCCCCC/C=C\CCCCCCCCCCCCCCCCCCCC(=O)OCC(COC(=O)CCCCCCCCC)OC(=O)CCCCCCCCCCCCCCCCCCCCCCCCCCCCC. The molecule has 1 atom stereocenters. The standard InChI is InChI=1S/C75H144O6/c1-4-7-10-13-16-18-20-22-24-26-28-30-32-34-36-37-39-40-42-44-46-48-50-52-54-56-59-62-65-68-74(77)80-71-72(70-79-73(76)67-64-61-58-15-12-9-6-3)81-75(78)69-66-63-60-57-55-53-51-49-47-45-43-41-38-35-33-31-29-27-25-23-21-19-17-14-11-8-5-2/h26,28,72H,4-25,27,29-71H2,1-3H3/b28-26-. The number of carbonyl (C=O) groups is 3. The maximum absolute atomic E-state index is 12.9. The van der Waals surface area contributed by atoms with E-state index in [2.05, 4.69) is 32.9 Å². The van der Waals surface area contributed by atoms with E-state index in [4.69, 9.17) is 14.2 Å². The molecule has 0 saturated heterocycles. The van der Waals surface area contributed by atoms with E-state index in [0.717, 1.165) is 57.8 Å². The van der Waals surface area contributed by atoms with Crippen LogP contribution < -0.4 is 0 Å². The van der Waals surface area contributed by atoms with Crippen LogP contribution in [0.1, 0.15) is 432 Å². The number of rotatable bonds is 70. The van der Waals surface area contributed by atoms with Crippen molar-refractivity contribution in [1.82, 2.24) is 0 Å². The van der Waals surface area contributed by atoms with Crippen LogP contribution in [0.15, 0.2) is 12.2 Å². The van der Waals surface area contributed by atoms with Crippen molar-refractivity contribution in [2.45, 2.75) is 438 Å². The lowest BCUT2D eigenvalue weighted by atomic mass is 10.0. The third-order valence-electron chi connectivity index (χ3n) is 17.3. The van der Waals surface area contributed by atoms with Crippen molar-refractivity contribution in [3.05, 3.63) is 12.2 Å². The molecule has 0 spiro atoms. The monoisotopic (exact) mass is 1140 g/mol. The van der Waals surface area contributed by atoms with Gasteiger partial charge >= 0.3 is 17.9 Å². The highest BCUT2D eigenvalue weighted by Gasteiger charge is 2.20. The van der Waals surface area contributed by atoms with Gasteiger partial charge < -0.3 is 14.2 Å². The van der Waals surface area contributed by atoms with E-state index in [1.165, 1.54) is 334 Å². The Morgan fingerprint density at radius 3 is 0.617 bits per heavy atom. The van der Waals surface area contributed by atoms with Crippen LogP contribution in [0, 0.1) is 0 Å².